The van der Waals surface area contributed by atoms with E-state index in [0.717, 1.165) is 0 Å². The molecule has 4 N–H and O–H groups in total. The topological polar surface area (TPSA) is 96.4 Å². The van der Waals surface area contributed by atoms with E-state index in [-0.39, 0.29) is 17.1 Å². The zero-order valence-electron chi connectivity index (χ0n) is 7.64. The van der Waals surface area contributed by atoms with Gasteiger partial charge >= 0.3 is 5.97 Å². The number of hydrogen-bond donors (Lipinski definition) is 3. The minimum Gasteiger partial charge on any atom is -0.506 e. The molecule has 0 saturated carbocycles. The minimum absolute atomic E-state index is 0.0633. The van der Waals surface area contributed by atoms with E-state index >= 15 is 0 Å². The van der Waals surface area contributed by atoms with Gasteiger partial charge in [-0.2, -0.15) is 0 Å². The zero-order valence-corrected chi connectivity index (χ0v) is 7.64. The third kappa shape index (κ3) is 1.54. The van der Waals surface area contributed by atoms with Crippen molar-refractivity contribution in [2.45, 2.75) is 0 Å². The Bertz CT molecular complexity index is 552. The molecule has 0 amide bonds. The number of carboxylic acids is 1. The molecule has 0 atom stereocenters. The first-order valence-electron chi connectivity index (χ1n) is 4.19. The number of phenols is 1. The van der Waals surface area contributed by atoms with E-state index in [2.05, 4.69) is 4.98 Å². The molecule has 2 rings (SSSR count). The van der Waals surface area contributed by atoms with Gasteiger partial charge in [0.25, 0.3) is 0 Å². The Kier molecular flexibility index (Phi) is 1.93. The summed E-state index contributed by atoms with van der Waals surface area (Å²) in [5.74, 6) is -1.17. The Morgan fingerprint density at radius 1 is 1.27 bits per heavy atom. The number of nitrogen functional groups attached to an aromatic ring is 1. The molecule has 1 aromatic heterocycles. The molecule has 0 bridgehead atoms. The van der Waals surface area contributed by atoms with Crippen LogP contribution >= 0.6 is 0 Å². The smallest absolute Gasteiger partial charge is 0.354 e. The van der Waals surface area contributed by atoms with Gasteiger partial charge in [0.2, 0.25) is 0 Å². The number of aromatic carboxylic acids is 1. The molecule has 2 aromatic rings. The largest absolute Gasteiger partial charge is 0.506 e. The molecule has 0 aliphatic carbocycles. The first-order valence-corrected chi connectivity index (χ1v) is 4.19. The van der Waals surface area contributed by atoms with Crippen LogP contribution in [-0.2, 0) is 0 Å². The summed E-state index contributed by atoms with van der Waals surface area (Å²) in [4.78, 5) is 14.4. The second kappa shape index (κ2) is 3.13. The molecule has 0 aliphatic rings. The van der Waals surface area contributed by atoms with Crippen LogP contribution in [0.25, 0.3) is 10.8 Å². The van der Waals surface area contributed by atoms with Gasteiger partial charge in [0.15, 0.2) is 0 Å². The zero-order chi connectivity index (χ0) is 11.0. The van der Waals surface area contributed by atoms with Gasteiger partial charge in [0.05, 0.1) is 5.69 Å². The van der Waals surface area contributed by atoms with E-state index < -0.39 is 5.97 Å². The van der Waals surface area contributed by atoms with Crippen molar-refractivity contribution in [2.75, 3.05) is 5.73 Å². The van der Waals surface area contributed by atoms with Gasteiger partial charge in [0.1, 0.15) is 11.4 Å². The maximum absolute atomic E-state index is 10.6. The number of hydrogen-bond acceptors (Lipinski definition) is 4. The van der Waals surface area contributed by atoms with Gasteiger partial charge < -0.3 is 15.9 Å². The summed E-state index contributed by atoms with van der Waals surface area (Å²) in [5, 5.41) is 19.4. The highest BCUT2D eigenvalue weighted by molar-refractivity contribution is 5.93. The van der Waals surface area contributed by atoms with Crippen molar-refractivity contribution < 1.29 is 15.0 Å². The number of pyridine rings is 1. The lowest BCUT2D eigenvalue weighted by atomic mass is 10.1. The summed E-state index contributed by atoms with van der Waals surface area (Å²) < 4.78 is 0. The number of benzene rings is 1. The fraction of sp³-hybridized carbons (Fsp3) is 0. The molecule has 5 nitrogen and oxygen atoms in total. The molecule has 0 unspecified atom stereocenters. The predicted molar refractivity (Wildman–Crippen MR) is 54.8 cm³/mol. The van der Waals surface area contributed by atoms with Gasteiger partial charge in [-0.05, 0) is 23.6 Å². The SMILES string of the molecule is Nc1cc2cnc(C(=O)O)cc2cc1O. The molecule has 5 heteroatoms. The Hall–Kier alpha value is -2.30. The average molecular weight is 204 g/mol. The standard InChI is InChI=1S/C10H8N2O3/c11-7-1-6-4-12-8(10(14)15)2-5(6)3-9(7)13/h1-4,13H,11H2,(H,14,15). The van der Waals surface area contributed by atoms with E-state index in [9.17, 15) is 9.90 Å². The number of anilines is 1. The summed E-state index contributed by atoms with van der Waals surface area (Å²) in [6.45, 7) is 0. The molecule has 1 heterocycles. The number of nitrogens with two attached hydrogens (primary N) is 1. The number of carbonyl (C=O) groups is 1. The second-order valence-corrected chi connectivity index (χ2v) is 3.13. The minimum atomic E-state index is -1.10. The Morgan fingerprint density at radius 3 is 2.67 bits per heavy atom. The van der Waals surface area contributed by atoms with E-state index in [1.807, 2.05) is 0 Å². The number of aromatic hydroxyl groups is 1. The summed E-state index contributed by atoms with van der Waals surface area (Å²) >= 11 is 0. The number of aromatic nitrogens is 1. The van der Waals surface area contributed by atoms with Crippen molar-refractivity contribution in [2.24, 2.45) is 0 Å². The van der Waals surface area contributed by atoms with Crippen LogP contribution in [0.5, 0.6) is 5.75 Å². The number of nitrogens with zero attached hydrogens (tertiary/aromatic N) is 1. The van der Waals surface area contributed by atoms with Crippen molar-refractivity contribution in [3.05, 3.63) is 30.1 Å². The molecule has 0 saturated heterocycles. The van der Waals surface area contributed by atoms with Crippen LogP contribution < -0.4 is 5.73 Å². The fourth-order valence-corrected chi connectivity index (χ4v) is 1.32. The molecule has 1 aromatic carbocycles. The highest BCUT2D eigenvalue weighted by Crippen LogP contribution is 2.26. The molecular weight excluding hydrogens is 196 g/mol. The van der Waals surface area contributed by atoms with Crippen molar-refractivity contribution in [3.63, 3.8) is 0 Å². The maximum atomic E-state index is 10.6. The van der Waals surface area contributed by atoms with Crippen LogP contribution in [0.3, 0.4) is 0 Å². The molecule has 0 spiro atoms. The predicted octanol–water partition coefficient (Wildman–Crippen LogP) is 1.22. The van der Waals surface area contributed by atoms with Crippen LogP contribution in [0, 0.1) is 0 Å². The summed E-state index contributed by atoms with van der Waals surface area (Å²) in [6.07, 6.45) is 1.41. The monoisotopic (exact) mass is 204 g/mol. The summed E-state index contributed by atoms with van der Waals surface area (Å²) in [6, 6.07) is 4.35. The number of carboxylic acid groups (broad SMARTS) is 1. The third-order valence-corrected chi connectivity index (χ3v) is 2.09. The normalized spacial score (nSPS) is 10.4. The van der Waals surface area contributed by atoms with Crippen LogP contribution in [0.1, 0.15) is 10.5 Å². The third-order valence-electron chi connectivity index (χ3n) is 2.09. The highest BCUT2D eigenvalue weighted by Gasteiger charge is 2.07. The van der Waals surface area contributed by atoms with Gasteiger partial charge in [-0.1, -0.05) is 0 Å². The van der Waals surface area contributed by atoms with Crippen molar-refractivity contribution in [3.8, 4) is 5.75 Å². The molecular formula is C10H8N2O3. The fourth-order valence-electron chi connectivity index (χ4n) is 1.32. The average Bonchev–Trinajstić information content (AvgIpc) is 2.19. The Labute approximate surface area is 84.8 Å². The Balaban J connectivity index is 2.72. The lowest BCUT2D eigenvalue weighted by Gasteiger charge is -2.02. The van der Waals surface area contributed by atoms with Crippen molar-refractivity contribution in [1.82, 2.24) is 4.98 Å². The first kappa shape index (κ1) is 9.26. The first-order chi connectivity index (χ1) is 7.08. The highest BCUT2D eigenvalue weighted by atomic mass is 16.4. The lowest BCUT2D eigenvalue weighted by molar-refractivity contribution is 0.0690. The molecule has 0 radical (unpaired) electrons. The summed E-state index contributed by atoms with van der Waals surface area (Å²) in [5.41, 5.74) is 5.67. The maximum Gasteiger partial charge on any atom is 0.354 e. The van der Waals surface area contributed by atoms with Gasteiger partial charge in [-0.15, -0.1) is 0 Å². The Morgan fingerprint density at radius 2 is 2.00 bits per heavy atom. The van der Waals surface area contributed by atoms with Crippen molar-refractivity contribution in [1.29, 1.82) is 0 Å². The van der Waals surface area contributed by atoms with E-state index in [0.29, 0.717) is 10.8 Å². The molecule has 0 aliphatic heterocycles. The van der Waals surface area contributed by atoms with Crippen LogP contribution in [0.2, 0.25) is 0 Å². The number of rotatable bonds is 1. The summed E-state index contributed by atoms with van der Waals surface area (Å²) in [7, 11) is 0. The van der Waals surface area contributed by atoms with Crippen LogP contribution in [0.15, 0.2) is 24.4 Å². The van der Waals surface area contributed by atoms with Crippen LogP contribution in [0.4, 0.5) is 5.69 Å². The molecule has 15 heavy (non-hydrogen) atoms. The van der Waals surface area contributed by atoms with Gasteiger partial charge in [-0.3, -0.25) is 0 Å². The molecule has 76 valence electrons. The number of phenolic OH excluding ortho intramolecular Hbond substituents is 1. The molecule has 0 fully saturated rings. The van der Waals surface area contributed by atoms with Gasteiger partial charge in [-0.25, -0.2) is 9.78 Å². The van der Waals surface area contributed by atoms with Gasteiger partial charge in [0, 0.05) is 11.6 Å². The van der Waals surface area contributed by atoms with E-state index in [4.69, 9.17) is 10.8 Å². The van der Waals surface area contributed by atoms with E-state index in [1.165, 1.54) is 18.3 Å². The quantitative estimate of drug-likeness (QED) is 0.479. The van der Waals surface area contributed by atoms with E-state index in [1.54, 1.807) is 6.07 Å². The van der Waals surface area contributed by atoms with Crippen molar-refractivity contribution >= 4 is 22.4 Å². The van der Waals surface area contributed by atoms with Crippen LogP contribution in [-0.4, -0.2) is 21.2 Å². The number of fused-ring (bicyclic) bond motifs is 1. The second-order valence-electron chi connectivity index (χ2n) is 3.13. The lowest BCUT2D eigenvalue weighted by Crippen LogP contribution is -1.99.